The molecule has 0 saturated heterocycles. The first kappa shape index (κ1) is 11.9. The molecule has 0 saturated carbocycles. The number of hydrogen-bond donors (Lipinski definition) is 3. The summed E-state index contributed by atoms with van der Waals surface area (Å²) in [6.45, 7) is 2.67. The number of halogens is 1. The van der Waals surface area contributed by atoms with Crippen molar-refractivity contribution in [3.63, 3.8) is 0 Å². The van der Waals surface area contributed by atoms with Gasteiger partial charge in [-0.3, -0.25) is 0 Å². The number of aromatic hydroxyl groups is 1. The van der Waals surface area contributed by atoms with Crippen molar-refractivity contribution < 1.29 is 14.6 Å². The Morgan fingerprint density at radius 3 is 2.87 bits per heavy atom. The second-order valence-corrected chi connectivity index (χ2v) is 3.47. The van der Waals surface area contributed by atoms with E-state index in [0.29, 0.717) is 25.1 Å². The van der Waals surface area contributed by atoms with Gasteiger partial charge in [0.2, 0.25) is 0 Å². The van der Waals surface area contributed by atoms with Crippen molar-refractivity contribution in [2.45, 2.75) is 26.0 Å². The molecule has 1 aromatic carbocycles. The molecule has 1 unspecified atom stereocenters. The molecule has 1 aromatic rings. The second kappa shape index (κ2) is 5.68. The van der Waals surface area contributed by atoms with E-state index in [-0.39, 0.29) is 11.6 Å². The third kappa shape index (κ3) is 3.85. The number of phenols is 1. The summed E-state index contributed by atoms with van der Waals surface area (Å²) >= 11 is 0. The van der Waals surface area contributed by atoms with Gasteiger partial charge in [-0.1, -0.05) is 6.92 Å². The van der Waals surface area contributed by atoms with Crippen LogP contribution in [0.4, 0.5) is 4.39 Å². The molecule has 0 bridgehead atoms. The van der Waals surface area contributed by atoms with E-state index in [1.807, 2.05) is 6.92 Å². The lowest BCUT2D eigenvalue weighted by molar-refractivity contribution is 0.167. The predicted octanol–water partition coefficient (Wildman–Crippen LogP) is 1.39. The van der Waals surface area contributed by atoms with Gasteiger partial charge in [-0.25, -0.2) is 4.39 Å². The molecule has 84 valence electrons. The highest BCUT2D eigenvalue weighted by Gasteiger charge is 2.04. The van der Waals surface area contributed by atoms with E-state index in [2.05, 4.69) is 5.32 Å². The lowest BCUT2D eigenvalue weighted by Gasteiger charge is -2.10. The van der Waals surface area contributed by atoms with Crippen LogP contribution in [0.15, 0.2) is 18.2 Å². The van der Waals surface area contributed by atoms with Crippen molar-refractivity contribution in [1.29, 1.82) is 0 Å². The smallest absolute Gasteiger partial charge is 0.123 e. The number of phenolic OH excluding ortho intramolecular Hbond substituents is 1. The highest BCUT2D eigenvalue weighted by Crippen LogP contribution is 2.17. The Morgan fingerprint density at radius 1 is 1.47 bits per heavy atom. The summed E-state index contributed by atoms with van der Waals surface area (Å²) in [4.78, 5) is 0. The summed E-state index contributed by atoms with van der Waals surface area (Å²) < 4.78 is 12.8. The molecule has 0 heterocycles. The Hall–Kier alpha value is -1.13. The van der Waals surface area contributed by atoms with Crippen molar-refractivity contribution in [2.24, 2.45) is 0 Å². The Balaban J connectivity index is 2.46. The van der Waals surface area contributed by atoms with Gasteiger partial charge in [0.05, 0.1) is 6.10 Å². The summed E-state index contributed by atoms with van der Waals surface area (Å²) in [7, 11) is 0. The molecular formula is C11H16FNO2. The maximum absolute atomic E-state index is 12.8. The third-order valence-electron chi connectivity index (χ3n) is 2.21. The van der Waals surface area contributed by atoms with Crippen molar-refractivity contribution in [1.82, 2.24) is 5.32 Å². The van der Waals surface area contributed by atoms with E-state index in [1.54, 1.807) is 0 Å². The Labute approximate surface area is 88.6 Å². The van der Waals surface area contributed by atoms with Gasteiger partial charge in [0, 0.05) is 18.7 Å². The molecule has 0 aliphatic carbocycles. The normalized spacial score (nSPS) is 12.7. The molecule has 1 atom stereocenters. The predicted molar refractivity (Wildman–Crippen MR) is 56.1 cm³/mol. The first-order chi connectivity index (χ1) is 7.13. The van der Waals surface area contributed by atoms with Gasteiger partial charge in [-0.05, 0) is 24.6 Å². The fourth-order valence-corrected chi connectivity index (χ4v) is 1.21. The Morgan fingerprint density at radius 2 is 2.20 bits per heavy atom. The van der Waals surface area contributed by atoms with Crippen LogP contribution in [0.3, 0.4) is 0 Å². The molecule has 0 fully saturated rings. The molecule has 0 aliphatic heterocycles. The quantitative estimate of drug-likeness (QED) is 0.692. The number of aliphatic hydroxyl groups is 1. The summed E-state index contributed by atoms with van der Waals surface area (Å²) in [5, 5.41) is 21.6. The monoisotopic (exact) mass is 213 g/mol. The first-order valence-corrected chi connectivity index (χ1v) is 4.99. The molecule has 0 amide bonds. The summed E-state index contributed by atoms with van der Waals surface area (Å²) in [6, 6.07) is 3.81. The lowest BCUT2D eigenvalue weighted by Crippen LogP contribution is -2.25. The van der Waals surface area contributed by atoms with Crippen LogP contribution in [-0.4, -0.2) is 22.9 Å². The summed E-state index contributed by atoms with van der Waals surface area (Å²) in [6.07, 6.45) is 0.267. The van der Waals surface area contributed by atoms with Gasteiger partial charge in [-0.15, -0.1) is 0 Å². The van der Waals surface area contributed by atoms with E-state index in [1.165, 1.54) is 18.2 Å². The van der Waals surface area contributed by atoms with Crippen LogP contribution in [-0.2, 0) is 6.54 Å². The topological polar surface area (TPSA) is 52.5 Å². The third-order valence-corrected chi connectivity index (χ3v) is 2.21. The Bertz CT molecular complexity index is 317. The van der Waals surface area contributed by atoms with E-state index >= 15 is 0 Å². The average molecular weight is 213 g/mol. The second-order valence-electron chi connectivity index (χ2n) is 3.47. The zero-order valence-corrected chi connectivity index (χ0v) is 8.70. The van der Waals surface area contributed by atoms with Crippen LogP contribution in [0.1, 0.15) is 18.9 Å². The lowest BCUT2D eigenvalue weighted by atomic mass is 10.2. The van der Waals surface area contributed by atoms with Gasteiger partial charge < -0.3 is 15.5 Å². The van der Waals surface area contributed by atoms with Gasteiger partial charge in [0.15, 0.2) is 0 Å². The summed E-state index contributed by atoms with van der Waals surface area (Å²) in [5.74, 6) is -0.310. The van der Waals surface area contributed by atoms with Crippen molar-refractivity contribution in [3.05, 3.63) is 29.6 Å². The molecule has 1 rings (SSSR count). The molecule has 4 heteroatoms. The largest absolute Gasteiger partial charge is 0.508 e. The zero-order chi connectivity index (χ0) is 11.3. The van der Waals surface area contributed by atoms with Crippen LogP contribution in [0, 0.1) is 5.82 Å². The molecule has 3 N–H and O–H groups in total. The van der Waals surface area contributed by atoms with Crippen molar-refractivity contribution in [3.8, 4) is 5.75 Å². The van der Waals surface area contributed by atoms with Gasteiger partial charge in [0.1, 0.15) is 11.6 Å². The fourth-order valence-electron chi connectivity index (χ4n) is 1.21. The molecule has 3 nitrogen and oxygen atoms in total. The minimum Gasteiger partial charge on any atom is -0.508 e. The number of rotatable bonds is 5. The van der Waals surface area contributed by atoms with Crippen LogP contribution in [0.25, 0.3) is 0 Å². The number of benzene rings is 1. The molecule has 0 aromatic heterocycles. The van der Waals surface area contributed by atoms with Crippen LogP contribution in [0.2, 0.25) is 0 Å². The van der Waals surface area contributed by atoms with Crippen molar-refractivity contribution in [2.75, 3.05) is 6.54 Å². The minimum atomic E-state index is -0.402. The van der Waals surface area contributed by atoms with Crippen LogP contribution in [0.5, 0.6) is 5.75 Å². The maximum Gasteiger partial charge on any atom is 0.123 e. The molecule has 15 heavy (non-hydrogen) atoms. The molecular weight excluding hydrogens is 197 g/mol. The van der Waals surface area contributed by atoms with Gasteiger partial charge >= 0.3 is 0 Å². The molecule has 0 spiro atoms. The number of aliphatic hydroxyl groups excluding tert-OH is 1. The van der Waals surface area contributed by atoms with Gasteiger partial charge in [-0.2, -0.15) is 0 Å². The highest BCUT2D eigenvalue weighted by atomic mass is 19.1. The number of hydrogen-bond acceptors (Lipinski definition) is 3. The SMILES string of the molecule is CCC(O)CNCc1cc(F)ccc1O. The van der Waals surface area contributed by atoms with E-state index in [9.17, 15) is 14.6 Å². The van der Waals surface area contributed by atoms with Crippen LogP contribution >= 0.6 is 0 Å². The zero-order valence-electron chi connectivity index (χ0n) is 8.70. The van der Waals surface area contributed by atoms with Gasteiger partial charge in [0.25, 0.3) is 0 Å². The average Bonchev–Trinajstić information content (AvgIpc) is 2.23. The van der Waals surface area contributed by atoms with Crippen molar-refractivity contribution >= 4 is 0 Å². The highest BCUT2D eigenvalue weighted by molar-refractivity contribution is 5.32. The standard InChI is InChI=1S/C11H16FNO2/c1-2-10(14)7-13-6-8-5-9(12)3-4-11(8)15/h3-5,10,13-15H,2,6-7H2,1H3. The molecule has 0 radical (unpaired) electrons. The van der Waals surface area contributed by atoms with E-state index in [4.69, 9.17) is 0 Å². The van der Waals surface area contributed by atoms with Crippen LogP contribution < -0.4 is 5.32 Å². The van der Waals surface area contributed by atoms with E-state index < -0.39 is 6.10 Å². The summed E-state index contributed by atoms with van der Waals surface area (Å²) in [5.41, 5.74) is 0.498. The minimum absolute atomic E-state index is 0.0647. The fraction of sp³-hybridized carbons (Fsp3) is 0.455. The number of nitrogens with one attached hydrogen (secondary N) is 1. The molecule has 0 aliphatic rings. The maximum atomic E-state index is 12.8. The van der Waals surface area contributed by atoms with E-state index in [0.717, 1.165) is 0 Å². The Kier molecular flexibility index (Phi) is 4.52. The first-order valence-electron chi connectivity index (χ1n) is 4.99.